The van der Waals surface area contributed by atoms with Crippen LogP contribution >= 0.6 is 27.7 Å². The minimum Gasteiger partial charge on any atom is -0.379 e. The Morgan fingerprint density at radius 2 is 1.71 bits per heavy atom. The molecule has 1 N–H and O–H groups in total. The molecule has 0 aliphatic carbocycles. The van der Waals surface area contributed by atoms with E-state index in [4.69, 9.17) is 0 Å². The molecule has 0 saturated heterocycles. The lowest BCUT2D eigenvalue weighted by Crippen LogP contribution is -2.30. The number of hydrogen-bond donors (Lipinski definition) is 1. The van der Waals surface area contributed by atoms with E-state index in [1.54, 1.807) is 24.2 Å². The first-order valence-corrected chi connectivity index (χ1v) is 9.44. The van der Waals surface area contributed by atoms with Gasteiger partial charge in [0.1, 0.15) is 5.60 Å². The summed E-state index contributed by atoms with van der Waals surface area (Å²) in [6, 6.07) is 19.9. The number of aryl methyl sites for hydroxylation is 1. The third kappa shape index (κ3) is 3.89. The van der Waals surface area contributed by atoms with Crippen molar-refractivity contribution >= 4 is 27.7 Å². The Kier molecular flexibility index (Phi) is 5.39. The van der Waals surface area contributed by atoms with Gasteiger partial charge in [-0.1, -0.05) is 51.8 Å². The summed E-state index contributed by atoms with van der Waals surface area (Å²) in [5.74, 6) is 0.517. The molecule has 2 aromatic carbocycles. The van der Waals surface area contributed by atoms with Gasteiger partial charge in [0.05, 0.1) is 0 Å². The van der Waals surface area contributed by atoms with Crippen molar-refractivity contribution in [3.8, 4) is 0 Å². The van der Waals surface area contributed by atoms with Crippen LogP contribution in [0.2, 0.25) is 0 Å². The molecule has 1 atom stereocenters. The fourth-order valence-electron chi connectivity index (χ4n) is 2.49. The molecule has 1 aromatic heterocycles. The van der Waals surface area contributed by atoms with Crippen LogP contribution in [0.5, 0.6) is 0 Å². The van der Waals surface area contributed by atoms with Crippen molar-refractivity contribution in [2.24, 2.45) is 0 Å². The van der Waals surface area contributed by atoms with Crippen LogP contribution in [0.25, 0.3) is 0 Å². The van der Waals surface area contributed by atoms with Gasteiger partial charge in [0.25, 0.3) is 0 Å². The molecule has 0 aliphatic rings. The third-order valence-corrected chi connectivity index (χ3v) is 5.63. The number of hydrogen-bond acceptors (Lipinski definition) is 3. The Morgan fingerprint density at radius 1 is 1.00 bits per heavy atom. The Hall–Kier alpha value is -1.62. The van der Waals surface area contributed by atoms with Gasteiger partial charge in [0, 0.05) is 33.1 Å². The minimum absolute atomic E-state index is 0.517. The van der Waals surface area contributed by atoms with Gasteiger partial charge in [-0.25, -0.2) is 0 Å². The lowest BCUT2D eigenvalue weighted by molar-refractivity contribution is 0.107. The van der Waals surface area contributed by atoms with Gasteiger partial charge in [0.2, 0.25) is 0 Å². The Balaban J connectivity index is 1.93. The first-order chi connectivity index (χ1) is 11.6. The molecule has 4 heteroatoms. The second kappa shape index (κ2) is 7.51. The average molecular weight is 400 g/mol. The minimum atomic E-state index is -1.09. The predicted octanol–water partition coefficient (Wildman–Crippen LogP) is 5.18. The number of aromatic nitrogens is 1. The molecule has 0 bridgehead atoms. The smallest absolute Gasteiger partial charge is 0.125 e. The SMILES string of the molecule is Cc1ccc(SCC(O)(c2ccc(Br)cc2)c2cccnc2)cc1. The lowest BCUT2D eigenvalue weighted by Gasteiger charge is -2.29. The number of aliphatic hydroxyl groups is 1. The summed E-state index contributed by atoms with van der Waals surface area (Å²) in [4.78, 5) is 5.32. The quantitative estimate of drug-likeness (QED) is 0.599. The van der Waals surface area contributed by atoms with E-state index in [0.717, 1.165) is 20.5 Å². The maximum Gasteiger partial charge on any atom is 0.125 e. The zero-order chi connectivity index (χ0) is 17.0. The first-order valence-electron chi connectivity index (χ1n) is 7.66. The van der Waals surface area contributed by atoms with Crippen LogP contribution in [0.1, 0.15) is 16.7 Å². The van der Waals surface area contributed by atoms with E-state index in [1.165, 1.54) is 5.56 Å². The molecule has 24 heavy (non-hydrogen) atoms. The third-order valence-electron chi connectivity index (χ3n) is 3.93. The number of thioether (sulfide) groups is 1. The molecule has 0 amide bonds. The Bertz CT molecular complexity index is 790. The van der Waals surface area contributed by atoms with Crippen molar-refractivity contribution in [1.82, 2.24) is 4.98 Å². The van der Waals surface area contributed by atoms with Gasteiger partial charge in [-0.3, -0.25) is 4.98 Å². The van der Waals surface area contributed by atoms with Gasteiger partial charge in [0.15, 0.2) is 0 Å². The molecule has 0 saturated carbocycles. The van der Waals surface area contributed by atoms with Crippen molar-refractivity contribution in [1.29, 1.82) is 0 Å². The van der Waals surface area contributed by atoms with E-state index in [2.05, 4.69) is 52.1 Å². The molecule has 2 nitrogen and oxygen atoms in total. The monoisotopic (exact) mass is 399 g/mol. The summed E-state index contributed by atoms with van der Waals surface area (Å²) >= 11 is 5.09. The largest absolute Gasteiger partial charge is 0.379 e. The Labute approximate surface area is 155 Å². The van der Waals surface area contributed by atoms with Crippen molar-refractivity contribution < 1.29 is 5.11 Å². The van der Waals surface area contributed by atoms with Crippen LogP contribution in [-0.2, 0) is 5.60 Å². The molecule has 0 aliphatic heterocycles. The molecule has 3 aromatic rings. The topological polar surface area (TPSA) is 33.1 Å². The van der Waals surface area contributed by atoms with Gasteiger partial charge < -0.3 is 5.11 Å². The molecule has 0 fully saturated rings. The van der Waals surface area contributed by atoms with Crippen molar-refractivity contribution in [2.45, 2.75) is 17.4 Å². The van der Waals surface area contributed by atoms with Crippen LogP contribution in [0.15, 0.2) is 82.4 Å². The molecular formula is C20H18BrNOS. The number of benzene rings is 2. The van der Waals surface area contributed by atoms with Gasteiger partial charge in [-0.05, 0) is 42.8 Å². The van der Waals surface area contributed by atoms with Crippen LogP contribution in [0.3, 0.4) is 0 Å². The second-order valence-electron chi connectivity index (χ2n) is 5.71. The van der Waals surface area contributed by atoms with Crippen molar-refractivity contribution in [3.05, 3.63) is 94.2 Å². The molecule has 0 spiro atoms. The van der Waals surface area contributed by atoms with E-state index < -0.39 is 5.60 Å². The zero-order valence-corrected chi connectivity index (χ0v) is 15.7. The molecule has 1 unspecified atom stereocenters. The fraction of sp³-hybridized carbons (Fsp3) is 0.150. The molecule has 1 heterocycles. The number of rotatable bonds is 5. The highest BCUT2D eigenvalue weighted by atomic mass is 79.9. The van der Waals surface area contributed by atoms with E-state index in [0.29, 0.717) is 5.75 Å². The molecule has 122 valence electrons. The van der Waals surface area contributed by atoms with Crippen LogP contribution in [0, 0.1) is 6.92 Å². The average Bonchev–Trinajstić information content (AvgIpc) is 2.62. The first kappa shape index (κ1) is 17.2. The number of nitrogens with zero attached hydrogens (tertiary/aromatic N) is 1. The normalized spacial score (nSPS) is 13.5. The van der Waals surface area contributed by atoms with Crippen molar-refractivity contribution in [2.75, 3.05) is 5.75 Å². The second-order valence-corrected chi connectivity index (χ2v) is 7.68. The van der Waals surface area contributed by atoms with Gasteiger partial charge >= 0.3 is 0 Å². The zero-order valence-electron chi connectivity index (χ0n) is 13.3. The van der Waals surface area contributed by atoms with Gasteiger partial charge in [-0.2, -0.15) is 0 Å². The molecular weight excluding hydrogens is 382 g/mol. The standard InChI is InChI=1S/C20H18BrNOS/c1-15-4-10-19(11-5-15)24-14-20(23,17-3-2-12-22-13-17)16-6-8-18(21)9-7-16/h2-13,23H,14H2,1H3. The predicted molar refractivity (Wildman–Crippen MR) is 103 cm³/mol. The summed E-state index contributed by atoms with van der Waals surface area (Å²) < 4.78 is 0.992. The molecule has 0 radical (unpaired) electrons. The maximum absolute atomic E-state index is 11.5. The summed E-state index contributed by atoms with van der Waals surface area (Å²) in [6.45, 7) is 2.07. The van der Waals surface area contributed by atoms with Gasteiger partial charge in [-0.15, -0.1) is 11.8 Å². The number of pyridine rings is 1. The molecule has 3 rings (SSSR count). The van der Waals surface area contributed by atoms with Crippen LogP contribution in [0.4, 0.5) is 0 Å². The van der Waals surface area contributed by atoms with E-state index in [-0.39, 0.29) is 0 Å². The van der Waals surface area contributed by atoms with E-state index in [1.807, 2.05) is 36.4 Å². The lowest BCUT2D eigenvalue weighted by atomic mass is 9.89. The Morgan fingerprint density at radius 3 is 2.33 bits per heavy atom. The highest BCUT2D eigenvalue weighted by Gasteiger charge is 2.32. The highest BCUT2D eigenvalue weighted by molar-refractivity contribution is 9.10. The summed E-state index contributed by atoms with van der Waals surface area (Å²) in [5, 5.41) is 11.5. The van der Waals surface area contributed by atoms with Crippen LogP contribution < -0.4 is 0 Å². The summed E-state index contributed by atoms with van der Waals surface area (Å²) in [5.41, 5.74) is 1.80. The van der Waals surface area contributed by atoms with Crippen LogP contribution in [-0.4, -0.2) is 15.8 Å². The highest BCUT2D eigenvalue weighted by Crippen LogP contribution is 2.35. The fourth-order valence-corrected chi connectivity index (χ4v) is 3.79. The summed E-state index contributed by atoms with van der Waals surface area (Å²) in [7, 11) is 0. The summed E-state index contributed by atoms with van der Waals surface area (Å²) in [6.07, 6.45) is 3.45. The number of halogens is 1. The van der Waals surface area contributed by atoms with Crippen molar-refractivity contribution in [3.63, 3.8) is 0 Å². The maximum atomic E-state index is 11.5. The van der Waals surface area contributed by atoms with E-state index in [9.17, 15) is 5.11 Å². The van der Waals surface area contributed by atoms with E-state index >= 15 is 0 Å².